The van der Waals surface area contributed by atoms with Crippen molar-refractivity contribution in [3.63, 3.8) is 0 Å². The molecule has 13 heteroatoms. The van der Waals surface area contributed by atoms with E-state index in [0.29, 0.717) is 29.2 Å². The second-order valence-corrected chi connectivity index (χ2v) is 11.5. The summed E-state index contributed by atoms with van der Waals surface area (Å²) in [5, 5.41) is 19.9. The van der Waals surface area contributed by atoms with Crippen LogP contribution >= 0.6 is 11.3 Å². The predicted molar refractivity (Wildman–Crippen MR) is 177 cm³/mol. The van der Waals surface area contributed by atoms with Crippen LogP contribution in [0.25, 0.3) is 22.5 Å². The minimum Gasteiger partial charge on any atom is -0.465 e. The fourth-order valence-corrected chi connectivity index (χ4v) is 5.86. The maximum atomic E-state index is 13.5. The predicted octanol–water partition coefficient (Wildman–Crippen LogP) is 5.29. The van der Waals surface area contributed by atoms with Crippen LogP contribution in [0.2, 0.25) is 0 Å². The summed E-state index contributed by atoms with van der Waals surface area (Å²) in [6, 6.07) is 28.8. The third kappa shape index (κ3) is 7.00. The summed E-state index contributed by atoms with van der Waals surface area (Å²) in [5.74, 6) is -1.36. The zero-order chi connectivity index (χ0) is 33.5. The quantitative estimate of drug-likeness (QED) is 0.193. The minimum absolute atomic E-state index is 0.0604. The number of nitrogens with zero attached hydrogens (tertiary/aromatic N) is 6. The molecule has 0 aliphatic carbocycles. The summed E-state index contributed by atoms with van der Waals surface area (Å²) in [4.78, 5) is 43.6. The molecule has 0 saturated carbocycles. The topological polar surface area (TPSA) is 154 Å². The van der Waals surface area contributed by atoms with Crippen LogP contribution in [0.4, 0.5) is 0 Å². The normalized spacial score (nSPS) is 11.3. The third-order valence-corrected chi connectivity index (χ3v) is 8.52. The average Bonchev–Trinajstić information content (AvgIpc) is 3.81. The molecule has 6 aromatic rings. The van der Waals surface area contributed by atoms with Gasteiger partial charge in [0.1, 0.15) is 11.6 Å². The molecule has 0 unspecified atom stereocenters. The molecule has 0 saturated heterocycles. The summed E-state index contributed by atoms with van der Waals surface area (Å²) in [6.07, 6.45) is 0.663. The molecular weight excluding hydrogens is 630 g/mol. The van der Waals surface area contributed by atoms with Gasteiger partial charge in [0.2, 0.25) is 10.6 Å². The summed E-state index contributed by atoms with van der Waals surface area (Å²) in [7, 11) is 1.28. The van der Waals surface area contributed by atoms with Gasteiger partial charge in [-0.3, -0.25) is 4.79 Å². The SMILES string of the molecule is CCc1nn(Cc2ccc(-c3ccccc3-c3nn[nH]n3)cc2)c(=NC(=O)c2ccccc2C(=O)OCc2ccccc2C(=O)OC)s1. The van der Waals surface area contributed by atoms with E-state index in [2.05, 4.69) is 30.7 Å². The number of esters is 2. The molecule has 1 N–H and O–H groups in total. The highest BCUT2D eigenvalue weighted by molar-refractivity contribution is 7.08. The highest BCUT2D eigenvalue weighted by atomic mass is 32.1. The molecule has 240 valence electrons. The summed E-state index contributed by atoms with van der Waals surface area (Å²) in [5.41, 5.74) is 4.67. The Morgan fingerprint density at radius 3 is 2.23 bits per heavy atom. The maximum absolute atomic E-state index is 13.5. The minimum atomic E-state index is -0.721. The van der Waals surface area contributed by atoms with Crippen LogP contribution in [0.5, 0.6) is 0 Å². The van der Waals surface area contributed by atoms with E-state index in [4.69, 9.17) is 9.47 Å². The van der Waals surface area contributed by atoms with Gasteiger partial charge >= 0.3 is 11.9 Å². The lowest BCUT2D eigenvalue weighted by molar-refractivity contribution is 0.0458. The zero-order valence-electron chi connectivity index (χ0n) is 26.0. The lowest BCUT2D eigenvalue weighted by Gasteiger charge is -2.10. The molecule has 4 aromatic carbocycles. The number of rotatable bonds is 10. The van der Waals surface area contributed by atoms with Crippen LogP contribution in [0.3, 0.4) is 0 Å². The number of hydrogen-bond acceptors (Lipinski definition) is 10. The van der Waals surface area contributed by atoms with Crippen LogP contribution in [0, 0.1) is 0 Å². The number of amides is 1. The number of benzene rings is 4. The largest absolute Gasteiger partial charge is 0.465 e. The van der Waals surface area contributed by atoms with Crippen molar-refractivity contribution in [2.24, 2.45) is 4.99 Å². The average molecular weight is 660 g/mol. The van der Waals surface area contributed by atoms with Crippen LogP contribution in [-0.2, 0) is 29.0 Å². The highest BCUT2D eigenvalue weighted by Gasteiger charge is 2.20. The fourth-order valence-electron chi connectivity index (χ4n) is 5.02. The van der Waals surface area contributed by atoms with E-state index in [0.717, 1.165) is 27.3 Å². The number of ether oxygens (including phenoxy) is 2. The van der Waals surface area contributed by atoms with Gasteiger partial charge < -0.3 is 9.47 Å². The smallest absolute Gasteiger partial charge is 0.339 e. The monoisotopic (exact) mass is 659 g/mol. The van der Waals surface area contributed by atoms with E-state index < -0.39 is 17.8 Å². The summed E-state index contributed by atoms with van der Waals surface area (Å²) >= 11 is 1.31. The van der Waals surface area contributed by atoms with Crippen molar-refractivity contribution in [1.29, 1.82) is 0 Å². The molecule has 12 nitrogen and oxygen atoms in total. The maximum Gasteiger partial charge on any atom is 0.339 e. The highest BCUT2D eigenvalue weighted by Crippen LogP contribution is 2.29. The Morgan fingerprint density at radius 1 is 0.833 bits per heavy atom. The number of aromatic amines is 1. The first-order valence-corrected chi connectivity index (χ1v) is 15.8. The van der Waals surface area contributed by atoms with E-state index in [1.165, 1.54) is 30.6 Å². The number of aromatic nitrogens is 6. The van der Waals surface area contributed by atoms with E-state index in [9.17, 15) is 14.4 Å². The Morgan fingerprint density at radius 2 is 1.52 bits per heavy atom. The van der Waals surface area contributed by atoms with Gasteiger partial charge in [-0.25, -0.2) is 14.3 Å². The van der Waals surface area contributed by atoms with Crippen LogP contribution in [0.15, 0.2) is 102 Å². The summed E-state index contributed by atoms with van der Waals surface area (Å²) in [6.45, 7) is 2.17. The lowest BCUT2D eigenvalue weighted by Crippen LogP contribution is -2.20. The van der Waals surface area contributed by atoms with Crippen molar-refractivity contribution in [3.05, 3.63) is 135 Å². The number of aryl methyl sites for hydroxylation is 1. The summed E-state index contributed by atoms with van der Waals surface area (Å²) < 4.78 is 12.0. The molecule has 0 bridgehead atoms. The Bertz CT molecular complexity index is 2150. The molecule has 0 atom stereocenters. The zero-order valence-corrected chi connectivity index (χ0v) is 26.8. The van der Waals surface area contributed by atoms with Gasteiger partial charge in [-0.05, 0) is 46.5 Å². The van der Waals surface area contributed by atoms with Gasteiger partial charge in [0, 0.05) is 11.1 Å². The molecule has 6 rings (SSSR count). The fraction of sp³-hybridized carbons (Fsp3) is 0.143. The van der Waals surface area contributed by atoms with E-state index in [-0.39, 0.29) is 23.3 Å². The number of nitrogens with one attached hydrogen (secondary N) is 1. The molecule has 0 aliphatic heterocycles. The van der Waals surface area contributed by atoms with E-state index in [1.807, 2.05) is 55.5 Å². The van der Waals surface area contributed by atoms with Crippen molar-refractivity contribution in [2.75, 3.05) is 7.11 Å². The molecule has 2 heterocycles. The van der Waals surface area contributed by atoms with Gasteiger partial charge in [0.25, 0.3) is 5.91 Å². The molecule has 0 fully saturated rings. The molecule has 48 heavy (non-hydrogen) atoms. The Labute approximate surface area is 278 Å². The van der Waals surface area contributed by atoms with E-state index >= 15 is 0 Å². The first-order chi connectivity index (χ1) is 23.4. The van der Waals surface area contributed by atoms with Crippen molar-refractivity contribution in [1.82, 2.24) is 30.4 Å². The molecule has 1 amide bonds. The molecule has 0 spiro atoms. The van der Waals surface area contributed by atoms with Gasteiger partial charge in [0.05, 0.1) is 30.3 Å². The number of tetrazole rings is 1. The van der Waals surface area contributed by atoms with Crippen LogP contribution in [0.1, 0.15) is 54.1 Å². The number of methoxy groups -OCH3 is 1. The van der Waals surface area contributed by atoms with Gasteiger partial charge in [-0.15, -0.1) is 10.2 Å². The van der Waals surface area contributed by atoms with Crippen molar-refractivity contribution in [3.8, 4) is 22.5 Å². The van der Waals surface area contributed by atoms with Crippen molar-refractivity contribution >= 4 is 29.2 Å². The van der Waals surface area contributed by atoms with Gasteiger partial charge in [-0.1, -0.05) is 97.1 Å². The second kappa shape index (κ2) is 14.6. The second-order valence-electron chi connectivity index (χ2n) is 10.5. The Balaban J connectivity index is 1.23. The van der Waals surface area contributed by atoms with E-state index in [1.54, 1.807) is 41.1 Å². The lowest BCUT2D eigenvalue weighted by atomic mass is 9.98. The molecule has 0 radical (unpaired) electrons. The first-order valence-electron chi connectivity index (χ1n) is 15.0. The van der Waals surface area contributed by atoms with Gasteiger partial charge in [0.15, 0.2) is 0 Å². The molecule has 2 aromatic heterocycles. The Hall–Kier alpha value is -6.08. The third-order valence-electron chi connectivity index (χ3n) is 7.43. The first kappa shape index (κ1) is 31.9. The number of hydrogen-bond donors (Lipinski definition) is 1. The number of carbonyl (C=O) groups is 3. The number of carbonyl (C=O) groups excluding carboxylic acids is 3. The molecular formula is C35H29N7O5S. The standard InChI is InChI=1S/C35H29N7O5S/c1-3-30-39-42(20-22-16-18-23(19-17-22)25-11-6-7-13-27(25)31-37-40-41-38-31)35(48-30)36-32(43)28-14-8-9-15-29(28)34(45)47-21-24-10-4-5-12-26(24)33(44)46-2/h4-19H,3,20-21H2,1-2H3,(H,37,38,40,41). The van der Waals surface area contributed by atoms with Gasteiger partial charge in [-0.2, -0.15) is 15.3 Å². The van der Waals surface area contributed by atoms with Crippen molar-refractivity contribution in [2.45, 2.75) is 26.5 Å². The van der Waals surface area contributed by atoms with Crippen molar-refractivity contribution < 1.29 is 23.9 Å². The Kier molecular flexibility index (Phi) is 9.67. The molecule has 0 aliphatic rings. The van der Waals surface area contributed by atoms with Crippen LogP contribution < -0.4 is 4.80 Å². The number of H-pyrrole nitrogens is 1. The van der Waals surface area contributed by atoms with Crippen LogP contribution in [-0.4, -0.2) is 55.4 Å².